The first-order valence-electron chi connectivity index (χ1n) is 7.60. The van der Waals surface area contributed by atoms with E-state index < -0.39 is 0 Å². The monoisotopic (exact) mass is 338 g/mol. The van der Waals surface area contributed by atoms with Crippen LogP contribution in [0.1, 0.15) is 15.9 Å². The van der Waals surface area contributed by atoms with Gasteiger partial charge >= 0.3 is 0 Å². The van der Waals surface area contributed by atoms with E-state index >= 15 is 0 Å². The van der Waals surface area contributed by atoms with Crippen molar-refractivity contribution in [3.63, 3.8) is 0 Å². The van der Waals surface area contributed by atoms with Crippen LogP contribution >= 0.6 is 11.3 Å². The molecule has 0 saturated heterocycles. The highest BCUT2D eigenvalue weighted by Gasteiger charge is 2.19. The van der Waals surface area contributed by atoms with Gasteiger partial charge in [0.25, 0.3) is 0 Å². The number of hydrogen-bond donors (Lipinski definition) is 0. The lowest BCUT2D eigenvalue weighted by Crippen LogP contribution is -2.08. The summed E-state index contributed by atoms with van der Waals surface area (Å²) in [5.74, 6) is 1.05. The molecule has 122 valence electrons. The molecule has 0 aliphatic rings. The number of carbonyl (C=O) groups excluding carboxylic acids is 1. The molecule has 0 spiro atoms. The molecule has 3 rings (SSSR count). The van der Waals surface area contributed by atoms with Crippen LogP contribution in [0.15, 0.2) is 60.0 Å². The van der Waals surface area contributed by atoms with Crippen LogP contribution in [0, 0.1) is 0 Å². The molecular weight excluding hydrogens is 320 g/mol. The molecule has 1 aromatic heterocycles. The van der Waals surface area contributed by atoms with Gasteiger partial charge in [0.15, 0.2) is 5.78 Å². The Morgan fingerprint density at radius 2 is 1.62 bits per heavy atom. The van der Waals surface area contributed by atoms with Gasteiger partial charge < -0.3 is 9.47 Å². The molecule has 2 aromatic carbocycles. The van der Waals surface area contributed by atoms with E-state index in [-0.39, 0.29) is 5.78 Å². The molecule has 3 nitrogen and oxygen atoms in total. The third kappa shape index (κ3) is 3.19. The molecule has 1 heterocycles. The van der Waals surface area contributed by atoms with Crippen molar-refractivity contribution in [1.82, 2.24) is 0 Å². The highest BCUT2D eigenvalue weighted by Crippen LogP contribution is 2.32. The summed E-state index contributed by atoms with van der Waals surface area (Å²) >= 11 is 1.67. The summed E-state index contributed by atoms with van der Waals surface area (Å²) in [4.78, 5) is 14.1. The fourth-order valence-electron chi connectivity index (χ4n) is 2.73. The molecule has 0 unspecified atom stereocenters. The molecule has 4 heteroatoms. The van der Waals surface area contributed by atoms with E-state index in [0.29, 0.717) is 23.5 Å². The summed E-state index contributed by atoms with van der Waals surface area (Å²) in [5, 5.41) is 2.04. The zero-order valence-corrected chi connectivity index (χ0v) is 14.4. The van der Waals surface area contributed by atoms with E-state index in [1.54, 1.807) is 37.7 Å². The van der Waals surface area contributed by atoms with Crippen molar-refractivity contribution >= 4 is 17.1 Å². The average Bonchev–Trinajstić information content (AvgIpc) is 3.15. The Kier molecular flexibility index (Phi) is 4.96. The topological polar surface area (TPSA) is 35.5 Å². The maximum atomic E-state index is 12.9. The maximum Gasteiger partial charge on any atom is 0.174 e. The molecule has 0 saturated carbocycles. The molecule has 0 fully saturated rings. The fraction of sp³-hybridized carbons (Fsp3) is 0.150. The Labute approximate surface area is 145 Å². The summed E-state index contributed by atoms with van der Waals surface area (Å²) in [6, 6.07) is 17.4. The molecule has 3 aromatic rings. The number of carbonyl (C=O) groups is 1. The van der Waals surface area contributed by atoms with Crippen LogP contribution in [0.4, 0.5) is 0 Å². The van der Waals surface area contributed by atoms with Gasteiger partial charge in [-0.15, -0.1) is 11.3 Å². The van der Waals surface area contributed by atoms with E-state index in [2.05, 4.69) is 6.07 Å². The van der Waals surface area contributed by atoms with Crippen LogP contribution < -0.4 is 9.47 Å². The van der Waals surface area contributed by atoms with Crippen LogP contribution in [0.3, 0.4) is 0 Å². The second-order valence-electron chi connectivity index (χ2n) is 5.27. The van der Waals surface area contributed by atoms with Crippen LogP contribution in [0.25, 0.3) is 10.4 Å². The number of thiophene rings is 1. The maximum absolute atomic E-state index is 12.9. The molecule has 0 aliphatic heterocycles. The van der Waals surface area contributed by atoms with Crippen LogP contribution in [-0.4, -0.2) is 20.0 Å². The van der Waals surface area contributed by atoms with Crippen molar-refractivity contribution in [2.75, 3.05) is 14.2 Å². The highest BCUT2D eigenvalue weighted by molar-refractivity contribution is 7.13. The summed E-state index contributed by atoms with van der Waals surface area (Å²) in [7, 11) is 3.12. The first-order chi connectivity index (χ1) is 11.7. The van der Waals surface area contributed by atoms with Gasteiger partial charge in [-0.3, -0.25) is 4.79 Å². The van der Waals surface area contributed by atoms with Crippen molar-refractivity contribution in [2.24, 2.45) is 0 Å². The molecular formula is C20H18O3S. The highest BCUT2D eigenvalue weighted by atomic mass is 32.1. The van der Waals surface area contributed by atoms with E-state index in [1.807, 2.05) is 41.8 Å². The van der Waals surface area contributed by atoms with E-state index in [9.17, 15) is 4.79 Å². The Balaban J connectivity index is 1.98. The number of ether oxygens (including phenoxy) is 2. The van der Waals surface area contributed by atoms with Crippen LogP contribution in [0.2, 0.25) is 0 Å². The summed E-state index contributed by atoms with van der Waals surface area (Å²) in [6.07, 6.45) is 0.296. The minimum Gasteiger partial charge on any atom is -0.496 e. The quantitative estimate of drug-likeness (QED) is 0.602. The lowest BCUT2D eigenvalue weighted by atomic mass is 9.97. The van der Waals surface area contributed by atoms with Crippen LogP contribution in [0.5, 0.6) is 11.5 Å². The smallest absolute Gasteiger partial charge is 0.174 e. The number of rotatable bonds is 6. The average molecular weight is 338 g/mol. The summed E-state index contributed by atoms with van der Waals surface area (Å²) in [6.45, 7) is 0. The Morgan fingerprint density at radius 1 is 0.917 bits per heavy atom. The lowest BCUT2D eigenvalue weighted by molar-refractivity contribution is 0.0987. The zero-order chi connectivity index (χ0) is 16.9. The zero-order valence-electron chi connectivity index (χ0n) is 13.6. The predicted octanol–water partition coefficient (Wildman–Crippen LogP) is 4.86. The van der Waals surface area contributed by atoms with Gasteiger partial charge in [-0.25, -0.2) is 0 Å². The lowest BCUT2D eigenvalue weighted by Gasteiger charge is -2.13. The van der Waals surface area contributed by atoms with Crippen LogP contribution in [-0.2, 0) is 6.42 Å². The SMILES string of the molecule is COc1cccc(OC)c1C(=O)Cc1ccccc1-c1cccs1. The van der Waals surface area contributed by atoms with E-state index in [1.165, 1.54) is 0 Å². The second kappa shape index (κ2) is 7.32. The number of methoxy groups -OCH3 is 2. The largest absolute Gasteiger partial charge is 0.496 e. The fourth-order valence-corrected chi connectivity index (χ4v) is 3.52. The minimum atomic E-state index is -0.0201. The second-order valence-corrected chi connectivity index (χ2v) is 6.22. The molecule has 0 amide bonds. The Hall–Kier alpha value is -2.59. The van der Waals surface area contributed by atoms with Gasteiger partial charge in [0.2, 0.25) is 0 Å². The normalized spacial score (nSPS) is 10.4. The Bertz CT molecular complexity index is 816. The van der Waals surface area contributed by atoms with Crippen molar-refractivity contribution in [3.8, 4) is 21.9 Å². The van der Waals surface area contributed by atoms with Gasteiger partial charge in [-0.2, -0.15) is 0 Å². The van der Waals surface area contributed by atoms with Crippen molar-refractivity contribution in [3.05, 3.63) is 71.1 Å². The van der Waals surface area contributed by atoms with Crippen molar-refractivity contribution in [1.29, 1.82) is 0 Å². The first-order valence-corrected chi connectivity index (χ1v) is 8.48. The summed E-state index contributed by atoms with van der Waals surface area (Å²) in [5.41, 5.74) is 2.58. The minimum absolute atomic E-state index is 0.0201. The third-order valence-electron chi connectivity index (χ3n) is 3.86. The molecule has 0 radical (unpaired) electrons. The van der Waals surface area contributed by atoms with Gasteiger partial charge in [0, 0.05) is 11.3 Å². The predicted molar refractivity (Wildman–Crippen MR) is 97.3 cm³/mol. The molecule has 0 aliphatic carbocycles. The first kappa shape index (κ1) is 16.3. The number of ketones is 1. The van der Waals surface area contributed by atoms with E-state index in [4.69, 9.17) is 9.47 Å². The summed E-state index contributed by atoms with van der Waals surface area (Å²) < 4.78 is 10.7. The molecule has 0 atom stereocenters. The molecule has 24 heavy (non-hydrogen) atoms. The molecule has 0 bridgehead atoms. The van der Waals surface area contributed by atoms with Crippen molar-refractivity contribution < 1.29 is 14.3 Å². The van der Waals surface area contributed by atoms with Gasteiger partial charge in [-0.05, 0) is 34.7 Å². The standard InChI is InChI=1S/C20H18O3S/c1-22-17-9-5-10-18(23-2)20(17)16(21)13-14-7-3-4-8-15(14)19-11-6-12-24-19/h3-12H,13H2,1-2H3. The third-order valence-corrected chi connectivity index (χ3v) is 4.76. The van der Waals surface area contributed by atoms with E-state index in [0.717, 1.165) is 16.0 Å². The number of Topliss-reactive ketones (excluding diaryl/α,β-unsaturated/α-hetero) is 1. The number of benzene rings is 2. The number of hydrogen-bond acceptors (Lipinski definition) is 4. The van der Waals surface area contributed by atoms with Gasteiger partial charge in [0.1, 0.15) is 17.1 Å². The molecule has 0 N–H and O–H groups in total. The van der Waals surface area contributed by atoms with Crippen molar-refractivity contribution in [2.45, 2.75) is 6.42 Å². The Morgan fingerprint density at radius 3 is 2.25 bits per heavy atom. The van der Waals surface area contributed by atoms with Gasteiger partial charge in [0.05, 0.1) is 14.2 Å². The van der Waals surface area contributed by atoms with Gasteiger partial charge in [-0.1, -0.05) is 36.4 Å².